The third-order valence-electron chi connectivity index (χ3n) is 6.18. The predicted octanol–water partition coefficient (Wildman–Crippen LogP) is 3.20. The Hall–Kier alpha value is -2.40. The Morgan fingerprint density at radius 2 is 2.00 bits per heavy atom. The molecule has 5 heteroatoms. The Kier molecular flexibility index (Phi) is 5.62. The van der Waals surface area contributed by atoms with Gasteiger partial charge in [-0.1, -0.05) is 18.2 Å². The maximum Gasteiger partial charge on any atom is 0.260 e. The number of benzene rings is 1. The van der Waals surface area contributed by atoms with E-state index in [4.69, 9.17) is 4.74 Å². The van der Waals surface area contributed by atoms with Crippen molar-refractivity contribution in [3.8, 4) is 5.75 Å². The fraction of sp³-hybridized carbons (Fsp3) is 0.478. The Bertz CT molecular complexity index is 824. The topological polar surface area (TPSA) is 45.7 Å². The number of fused-ring (bicyclic) bond motifs is 4. The van der Waals surface area contributed by atoms with E-state index in [1.165, 1.54) is 12.0 Å². The molecule has 0 radical (unpaired) electrons. The normalized spacial score (nSPS) is 22.1. The van der Waals surface area contributed by atoms with Gasteiger partial charge in [-0.05, 0) is 61.9 Å². The minimum atomic E-state index is 0.0949. The molecule has 148 valence electrons. The summed E-state index contributed by atoms with van der Waals surface area (Å²) in [7, 11) is 0. The van der Waals surface area contributed by atoms with E-state index < -0.39 is 0 Å². The molecule has 2 bridgehead atoms. The maximum atomic E-state index is 12.9. The smallest absolute Gasteiger partial charge is 0.260 e. The minimum absolute atomic E-state index is 0.0949. The number of carbonyl (C=O) groups excluding carboxylic acids is 1. The van der Waals surface area contributed by atoms with Gasteiger partial charge in [-0.2, -0.15) is 0 Å². The van der Waals surface area contributed by atoms with Crippen LogP contribution in [-0.2, 0) is 11.3 Å². The number of aromatic nitrogens is 1. The lowest BCUT2D eigenvalue weighted by molar-refractivity contribution is -0.133. The fourth-order valence-corrected chi connectivity index (χ4v) is 4.39. The van der Waals surface area contributed by atoms with Crippen molar-refractivity contribution in [1.29, 1.82) is 0 Å². The van der Waals surface area contributed by atoms with Gasteiger partial charge in [-0.3, -0.25) is 14.7 Å². The molecule has 3 fully saturated rings. The van der Waals surface area contributed by atoms with E-state index in [1.54, 1.807) is 0 Å². The Morgan fingerprint density at radius 3 is 2.82 bits per heavy atom. The summed E-state index contributed by atoms with van der Waals surface area (Å²) in [6.45, 7) is 7.75. The second-order valence-electron chi connectivity index (χ2n) is 8.13. The van der Waals surface area contributed by atoms with Gasteiger partial charge >= 0.3 is 0 Å². The van der Waals surface area contributed by atoms with Crippen LogP contribution in [0.5, 0.6) is 5.75 Å². The van der Waals surface area contributed by atoms with Crippen LogP contribution in [0.2, 0.25) is 0 Å². The molecule has 1 aromatic heterocycles. The summed E-state index contributed by atoms with van der Waals surface area (Å²) < 4.78 is 5.87. The molecule has 5 rings (SSSR count). The predicted molar refractivity (Wildman–Crippen MR) is 109 cm³/mol. The molecule has 1 aromatic carbocycles. The summed E-state index contributed by atoms with van der Waals surface area (Å²) in [6, 6.07) is 12.5. The molecule has 28 heavy (non-hydrogen) atoms. The molecule has 3 saturated heterocycles. The van der Waals surface area contributed by atoms with Gasteiger partial charge < -0.3 is 9.64 Å². The number of hydrogen-bond acceptors (Lipinski definition) is 4. The number of amides is 1. The molecule has 2 atom stereocenters. The zero-order chi connectivity index (χ0) is 19.5. The lowest BCUT2D eigenvalue weighted by Gasteiger charge is -2.35. The molecular formula is C23H29N3O2. The highest BCUT2D eigenvalue weighted by molar-refractivity contribution is 5.78. The van der Waals surface area contributed by atoms with E-state index >= 15 is 0 Å². The lowest BCUT2D eigenvalue weighted by atomic mass is 9.95. The molecule has 0 aliphatic carbocycles. The molecule has 5 nitrogen and oxygen atoms in total. The van der Waals surface area contributed by atoms with Gasteiger partial charge in [0, 0.05) is 38.4 Å². The van der Waals surface area contributed by atoms with Crippen LogP contribution >= 0.6 is 0 Å². The second-order valence-corrected chi connectivity index (χ2v) is 8.13. The van der Waals surface area contributed by atoms with Gasteiger partial charge in [0.2, 0.25) is 0 Å². The summed E-state index contributed by atoms with van der Waals surface area (Å²) >= 11 is 0. The van der Waals surface area contributed by atoms with Gasteiger partial charge in [0.15, 0.2) is 6.61 Å². The zero-order valence-electron chi connectivity index (χ0n) is 16.8. The van der Waals surface area contributed by atoms with Crippen LogP contribution in [0.15, 0.2) is 42.6 Å². The monoisotopic (exact) mass is 379 g/mol. The molecule has 3 aliphatic heterocycles. The van der Waals surface area contributed by atoms with Crippen molar-refractivity contribution >= 4 is 5.91 Å². The van der Waals surface area contributed by atoms with Gasteiger partial charge in [-0.15, -0.1) is 0 Å². The standard InChI is InChI=1S/C23H29N3O2/c1-17-6-5-8-22(18(17)2)28-16-23(27)26-13-19-9-10-21(15-26)25(12-19)14-20-7-3-4-11-24-20/h3-8,11,19,21H,9-10,12-16H2,1-2H3/t19-,21-/m1/s1. The maximum absolute atomic E-state index is 12.9. The third kappa shape index (κ3) is 4.20. The average molecular weight is 380 g/mol. The summed E-state index contributed by atoms with van der Waals surface area (Å²) in [4.78, 5) is 21.9. The Labute approximate surface area is 167 Å². The van der Waals surface area contributed by atoms with Crippen LogP contribution < -0.4 is 4.74 Å². The molecule has 0 unspecified atom stereocenters. The third-order valence-corrected chi connectivity index (χ3v) is 6.18. The van der Waals surface area contributed by atoms with Gasteiger partial charge in [0.05, 0.1) is 5.69 Å². The van der Waals surface area contributed by atoms with Crippen molar-refractivity contribution in [2.45, 2.75) is 39.3 Å². The van der Waals surface area contributed by atoms with Crippen molar-refractivity contribution < 1.29 is 9.53 Å². The summed E-state index contributed by atoms with van der Waals surface area (Å²) in [5, 5.41) is 0. The van der Waals surface area contributed by atoms with E-state index in [2.05, 4.69) is 28.9 Å². The SMILES string of the molecule is Cc1cccc(OCC(=O)N2C[C@@H]3CC[C@H](C2)N(Cc2ccccn2)C3)c1C. The van der Waals surface area contributed by atoms with E-state index in [9.17, 15) is 4.79 Å². The van der Waals surface area contributed by atoms with Crippen LogP contribution in [0.1, 0.15) is 29.7 Å². The van der Waals surface area contributed by atoms with E-state index in [-0.39, 0.29) is 12.5 Å². The largest absolute Gasteiger partial charge is 0.483 e. The molecule has 0 spiro atoms. The number of pyridine rings is 1. The first-order valence-corrected chi connectivity index (χ1v) is 10.2. The van der Waals surface area contributed by atoms with Gasteiger partial charge in [-0.25, -0.2) is 0 Å². The van der Waals surface area contributed by atoms with Crippen LogP contribution in [-0.4, -0.2) is 53.0 Å². The molecule has 4 heterocycles. The van der Waals surface area contributed by atoms with Crippen LogP contribution in [0.4, 0.5) is 0 Å². The first kappa shape index (κ1) is 18.9. The highest BCUT2D eigenvalue weighted by atomic mass is 16.5. The first-order chi connectivity index (χ1) is 13.6. The van der Waals surface area contributed by atoms with Crippen molar-refractivity contribution in [2.24, 2.45) is 5.92 Å². The van der Waals surface area contributed by atoms with Crippen molar-refractivity contribution in [3.63, 3.8) is 0 Å². The van der Waals surface area contributed by atoms with Crippen LogP contribution in [0, 0.1) is 19.8 Å². The van der Waals surface area contributed by atoms with Gasteiger partial charge in [0.1, 0.15) is 5.75 Å². The molecule has 1 amide bonds. The van der Waals surface area contributed by atoms with Gasteiger partial charge in [0.25, 0.3) is 5.91 Å². The van der Waals surface area contributed by atoms with E-state index in [0.29, 0.717) is 12.0 Å². The number of rotatable bonds is 5. The molecule has 2 aromatic rings. The molecule has 0 saturated carbocycles. The summed E-state index contributed by atoms with van der Waals surface area (Å²) in [5.74, 6) is 1.44. The highest BCUT2D eigenvalue weighted by Crippen LogP contribution is 2.29. The number of hydrogen-bond donors (Lipinski definition) is 0. The number of ether oxygens (including phenoxy) is 1. The van der Waals surface area contributed by atoms with Crippen LogP contribution in [0.3, 0.4) is 0 Å². The first-order valence-electron chi connectivity index (χ1n) is 10.2. The summed E-state index contributed by atoms with van der Waals surface area (Å²) in [6.07, 6.45) is 4.20. The quantitative estimate of drug-likeness (QED) is 0.800. The molecular weight excluding hydrogens is 350 g/mol. The highest BCUT2D eigenvalue weighted by Gasteiger charge is 2.36. The number of piperidine rings is 1. The fourth-order valence-electron chi connectivity index (χ4n) is 4.39. The molecule has 3 aliphatic rings. The number of aryl methyl sites for hydroxylation is 1. The lowest BCUT2D eigenvalue weighted by Crippen LogP contribution is -2.44. The second kappa shape index (κ2) is 8.31. The summed E-state index contributed by atoms with van der Waals surface area (Å²) in [5.41, 5.74) is 3.39. The minimum Gasteiger partial charge on any atom is -0.483 e. The molecule has 0 N–H and O–H groups in total. The van der Waals surface area contributed by atoms with Crippen molar-refractivity contribution in [1.82, 2.24) is 14.8 Å². The Morgan fingerprint density at radius 1 is 1.11 bits per heavy atom. The Balaban J connectivity index is 1.38. The average Bonchev–Trinajstić information content (AvgIpc) is 3.02. The van der Waals surface area contributed by atoms with Crippen molar-refractivity contribution in [2.75, 3.05) is 26.2 Å². The number of nitrogens with zero attached hydrogens (tertiary/aromatic N) is 3. The van der Waals surface area contributed by atoms with Crippen molar-refractivity contribution in [3.05, 3.63) is 59.4 Å². The number of carbonyl (C=O) groups is 1. The van der Waals surface area contributed by atoms with E-state index in [1.807, 2.05) is 42.3 Å². The van der Waals surface area contributed by atoms with Crippen LogP contribution in [0.25, 0.3) is 0 Å². The zero-order valence-corrected chi connectivity index (χ0v) is 16.8. The van der Waals surface area contributed by atoms with E-state index in [0.717, 1.165) is 49.6 Å².